The third kappa shape index (κ3) is 3.73. The van der Waals surface area contributed by atoms with Crippen molar-refractivity contribution < 1.29 is 0 Å². The highest BCUT2D eigenvalue weighted by molar-refractivity contribution is 9.10. The monoisotopic (exact) mass is 324 g/mol. The topological polar surface area (TPSA) is 15.3 Å². The second-order valence-electron chi connectivity index (χ2n) is 5.28. The summed E-state index contributed by atoms with van der Waals surface area (Å²) >= 11 is 3.62. The molecule has 1 aliphatic carbocycles. The first-order chi connectivity index (χ1) is 9.26. The highest BCUT2D eigenvalue weighted by Gasteiger charge is 2.23. The van der Waals surface area contributed by atoms with Crippen LogP contribution in [0.1, 0.15) is 45.1 Å². The van der Waals surface area contributed by atoms with Gasteiger partial charge in [0.15, 0.2) is 0 Å². The third-order valence-electron chi connectivity index (χ3n) is 4.03. The van der Waals surface area contributed by atoms with Gasteiger partial charge in [0.2, 0.25) is 0 Å². The smallest absolute Gasteiger partial charge is 0.0425 e. The van der Waals surface area contributed by atoms with Gasteiger partial charge in [-0.05, 0) is 44.0 Å². The van der Waals surface area contributed by atoms with Gasteiger partial charge in [-0.2, -0.15) is 0 Å². The third-order valence-corrected chi connectivity index (χ3v) is 4.52. The van der Waals surface area contributed by atoms with Crippen molar-refractivity contribution >= 4 is 21.6 Å². The van der Waals surface area contributed by atoms with Gasteiger partial charge >= 0.3 is 0 Å². The molecule has 0 heterocycles. The van der Waals surface area contributed by atoms with Gasteiger partial charge in [0, 0.05) is 29.3 Å². The molecular weight excluding hydrogens is 300 g/mol. The van der Waals surface area contributed by atoms with E-state index in [-0.39, 0.29) is 0 Å². The van der Waals surface area contributed by atoms with Crippen LogP contribution < -0.4 is 10.2 Å². The zero-order valence-electron chi connectivity index (χ0n) is 12.1. The lowest BCUT2D eigenvalue weighted by Crippen LogP contribution is -2.34. The van der Waals surface area contributed by atoms with Crippen LogP contribution in [0, 0.1) is 0 Å². The maximum Gasteiger partial charge on any atom is 0.0425 e. The van der Waals surface area contributed by atoms with Crippen molar-refractivity contribution in [3.8, 4) is 0 Å². The summed E-state index contributed by atoms with van der Waals surface area (Å²) in [6.45, 7) is 7.51. The van der Waals surface area contributed by atoms with Crippen molar-refractivity contribution in [2.24, 2.45) is 0 Å². The zero-order valence-corrected chi connectivity index (χ0v) is 13.7. The van der Waals surface area contributed by atoms with E-state index in [1.807, 2.05) is 0 Å². The van der Waals surface area contributed by atoms with Gasteiger partial charge in [-0.3, -0.25) is 0 Å². The van der Waals surface area contributed by atoms with Gasteiger partial charge in [-0.25, -0.2) is 0 Å². The van der Waals surface area contributed by atoms with E-state index in [9.17, 15) is 0 Å². The van der Waals surface area contributed by atoms with Gasteiger partial charge < -0.3 is 10.2 Å². The van der Waals surface area contributed by atoms with Crippen LogP contribution in [0.15, 0.2) is 22.7 Å². The molecular formula is C16H25BrN2. The molecule has 0 aliphatic heterocycles. The van der Waals surface area contributed by atoms with Gasteiger partial charge in [-0.1, -0.05) is 41.8 Å². The second kappa shape index (κ2) is 7.30. The number of anilines is 1. The lowest BCUT2D eigenvalue weighted by molar-refractivity contribution is 0.614. The summed E-state index contributed by atoms with van der Waals surface area (Å²) in [5, 5.41) is 3.45. The average Bonchev–Trinajstić information content (AvgIpc) is 2.93. The quantitative estimate of drug-likeness (QED) is 0.837. The molecule has 19 heavy (non-hydrogen) atoms. The van der Waals surface area contributed by atoms with E-state index >= 15 is 0 Å². The Kier molecular flexibility index (Phi) is 5.71. The number of benzene rings is 1. The van der Waals surface area contributed by atoms with Crippen molar-refractivity contribution in [1.82, 2.24) is 5.32 Å². The van der Waals surface area contributed by atoms with Crippen LogP contribution in [0.2, 0.25) is 0 Å². The Morgan fingerprint density at radius 3 is 2.63 bits per heavy atom. The van der Waals surface area contributed by atoms with Crippen LogP contribution in [-0.2, 0) is 6.54 Å². The largest absolute Gasteiger partial charge is 0.369 e. The summed E-state index contributed by atoms with van der Waals surface area (Å²) in [4.78, 5) is 2.60. The molecule has 0 amide bonds. The fourth-order valence-electron chi connectivity index (χ4n) is 3.05. The van der Waals surface area contributed by atoms with E-state index in [0.717, 1.165) is 25.7 Å². The van der Waals surface area contributed by atoms with Crippen LogP contribution >= 0.6 is 15.9 Å². The fraction of sp³-hybridized carbons (Fsp3) is 0.625. The maximum atomic E-state index is 3.62. The number of halogens is 1. The van der Waals surface area contributed by atoms with Crippen molar-refractivity contribution in [3.63, 3.8) is 0 Å². The average molecular weight is 325 g/mol. The zero-order chi connectivity index (χ0) is 13.7. The molecule has 2 nitrogen and oxygen atoms in total. The van der Waals surface area contributed by atoms with Crippen LogP contribution in [0.25, 0.3) is 0 Å². The lowest BCUT2D eigenvalue weighted by atomic mass is 10.1. The molecule has 1 fully saturated rings. The summed E-state index contributed by atoms with van der Waals surface area (Å²) in [7, 11) is 0. The van der Waals surface area contributed by atoms with Crippen LogP contribution in [0.5, 0.6) is 0 Å². The molecule has 106 valence electrons. The maximum absolute atomic E-state index is 3.62. The predicted molar refractivity (Wildman–Crippen MR) is 86.8 cm³/mol. The number of rotatable bonds is 6. The number of hydrogen-bond acceptors (Lipinski definition) is 2. The first kappa shape index (κ1) is 14.9. The Hall–Kier alpha value is -0.540. The van der Waals surface area contributed by atoms with Crippen molar-refractivity contribution in [2.75, 3.05) is 18.0 Å². The van der Waals surface area contributed by atoms with Gasteiger partial charge in [0.05, 0.1) is 0 Å². The minimum atomic E-state index is 0.736. The molecule has 1 N–H and O–H groups in total. The van der Waals surface area contributed by atoms with Gasteiger partial charge in [0.1, 0.15) is 0 Å². The normalized spacial score (nSPS) is 15.9. The van der Waals surface area contributed by atoms with Crippen LogP contribution in [0.3, 0.4) is 0 Å². The molecule has 0 atom stereocenters. The molecule has 1 aliphatic rings. The van der Waals surface area contributed by atoms with E-state index in [2.05, 4.69) is 58.2 Å². The SMILES string of the molecule is CCNCc1ccc(Br)cc1N(CC)C1CCCC1. The van der Waals surface area contributed by atoms with E-state index in [1.54, 1.807) is 0 Å². The summed E-state index contributed by atoms with van der Waals surface area (Å²) in [5.41, 5.74) is 2.82. The minimum Gasteiger partial charge on any atom is -0.369 e. The molecule has 1 aromatic carbocycles. The highest BCUT2D eigenvalue weighted by atomic mass is 79.9. The molecule has 0 radical (unpaired) electrons. The van der Waals surface area contributed by atoms with Gasteiger partial charge in [0.25, 0.3) is 0 Å². The Balaban J connectivity index is 2.25. The first-order valence-corrected chi connectivity index (χ1v) is 8.31. The Morgan fingerprint density at radius 2 is 2.00 bits per heavy atom. The second-order valence-corrected chi connectivity index (χ2v) is 6.19. The molecule has 1 saturated carbocycles. The number of nitrogens with zero attached hydrogens (tertiary/aromatic N) is 1. The molecule has 2 rings (SSSR count). The summed E-state index contributed by atoms with van der Waals surface area (Å²) < 4.78 is 1.18. The predicted octanol–water partition coefficient (Wildman–Crippen LogP) is 4.33. The molecule has 0 unspecified atom stereocenters. The van der Waals surface area contributed by atoms with Crippen molar-refractivity contribution in [1.29, 1.82) is 0 Å². The van der Waals surface area contributed by atoms with Gasteiger partial charge in [-0.15, -0.1) is 0 Å². The highest BCUT2D eigenvalue weighted by Crippen LogP contribution is 2.32. The molecule has 1 aromatic rings. The molecule has 3 heteroatoms. The van der Waals surface area contributed by atoms with Crippen molar-refractivity contribution in [2.45, 2.75) is 52.1 Å². The minimum absolute atomic E-state index is 0.736. The summed E-state index contributed by atoms with van der Waals surface area (Å²) in [5.74, 6) is 0. The molecule has 0 bridgehead atoms. The fourth-order valence-corrected chi connectivity index (χ4v) is 3.40. The molecule has 0 aromatic heterocycles. The lowest BCUT2D eigenvalue weighted by Gasteiger charge is -2.32. The summed E-state index contributed by atoms with van der Waals surface area (Å²) in [6, 6.07) is 7.42. The van der Waals surface area contributed by atoms with E-state index < -0.39 is 0 Å². The Morgan fingerprint density at radius 1 is 1.26 bits per heavy atom. The van der Waals surface area contributed by atoms with Crippen LogP contribution in [-0.4, -0.2) is 19.1 Å². The summed E-state index contributed by atoms with van der Waals surface area (Å²) in [6.07, 6.45) is 5.47. The first-order valence-electron chi connectivity index (χ1n) is 7.52. The Labute approximate surface area is 125 Å². The number of hydrogen-bond donors (Lipinski definition) is 1. The van der Waals surface area contributed by atoms with E-state index in [4.69, 9.17) is 0 Å². The molecule has 0 spiro atoms. The van der Waals surface area contributed by atoms with E-state index in [0.29, 0.717) is 0 Å². The van der Waals surface area contributed by atoms with Crippen LogP contribution in [0.4, 0.5) is 5.69 Å². The van der Waals surface area contributed by atoms with Crippen molar-refractivity contribution in [3.05, 3.63) is 28.2 Å². The Bertz CT molecular complexity index is 400. The number of nitrogens with one attached hydrogen (secondary N) is 1. The molecule has 0 saturated heterocycles. The standard InChI is InChI=1S/C16H25BrN2/c1-3-18-12-13-9-10-14(17)11-16(13)19(4-2)15-7-5-6-8-15/h9-11,15,18H,3-8,12H2,1-2H3. The van der Waals surface area contributed by atoms with E-state index in [1.165, 1.54) is 41.4 Å².